The zero-order valence-corrected chi connectivity index (χ0v) is 12.7. The molecule has 2 heterocycles. The Morgan fingerprint density at radius 1 is 1.22 bits per heavy atom. The minimum atomic E-state index is -0.970. The van der Waals surface area contributed by atoms with Gasteiger partial charge in [-0.15, -0.1) is 0 Å². The first-order chi connectivity index (χ1) is 11.1. The number of nitrogens with zero attached hydrogens (tertiary/aromatic N) is 2. The molecule has 7 heteroatoms. The molecule has 122 valence electrons. The van der Waals surface area contributed by atoms with Crippen LogP contribution in [-0.2, 0) is 4.79 Å². The van der Waals surface area contributed by atoms with Gasteiger partial charge in [0.15, 0.2) is 0 Å². The first-order valence-corrected chi connectivity index (χ1v) is 7.77. The van der Waals surface area contributed by atoms with Gasteiger partial charge >= 0.3 is 12.0 Å². The van der Waals surface area contributed by atoms with Crippen LogP contribution in [0.15, 0.2) is 24.3 Å². The third-order valence-electron chi connectivity index (χ3n) is 4.28. The van der Waals surface area contributed by atoms with E-state index in [-0.39, 0.29) is 11.9 Å². The van der Waals surface area contributed by atoms with Gasteiger partial charge < -0.3 is 15.3 Å². The number of benzene rings is 1. The summed E-state index contributed by atoms with van der Waals surface area (Å²) in [6.07, 6.45) is 2.02. The van der Waals surface area contributed by atoms with Crippen molar-refractivity contribution in [3.63, 3.8) is 0 Å². The van der Waals surface area contributed by atoms with Crippen molar-refractivity contribution in [3.05, 3.63) is 29.8 Å². The zero-order valence-electron chi connectivity index (χ0n) is 12.7. The number of carboxylic acids is 1. The van der Waals surface area contributed by atoms with Gasteiger partial charge in [0, 0.05) is 30.9 Å². The van der Waals surface area contributed by atoms with Gasteiger partial charge in [-0.1, -0.05) is 6.07 Å². The molecular weight excluding hydrogens is 298 g/mol. The molecule has 1 atom stereocenters. The van der Waals surface area contributed by atoms with Gasteiger partial charge in [-0.2, -0.15) is 0 Å². The molecule has 1 aromatic carbocycles. The van der Waals surface area contributed by atoms with Crippen LogP contribution in [0.1, 0.15) is 29.6 Å². The molecule has 0 spiro atoms. The maximum Gasteiger partial charge on any atom is 0.326 e. The van der Waals surface area contributed by atoms with Crippen molar-refractivity contribution in [2.24, 2.45) is 0 Å². The van der Waals surface area contributed by atoms with Crippen molar-refractivity contribution in [1.82, 2.24) is 10.2 Å². The average Bonchev–Trinajstić information content (AvgIpc) is 3.04. The number of anilines is 1. The summed E-state index contributed by atoms with van der Waals surface area (Å²) in [7, 11) is 0. The molecule has 2 aliphatic heterocycles. The van der Waals surface area contributed by atoms with Gasteiger partial charge in [-0.25, -0.2) is 9.59 Å². The number of rotatable bonds is 3. The van der Waals surface area contributed by atoms with Gasteiger partial charge in [0.1, 0.15) is 6.04 Å². The number of carbonyl (C=O) groups is 3. The molecule has 23 heavy (non-hydrogen) atoms. The molecule has 0 aromatic heterocycles. The minimum absolute atomic E-state index is 0.176. The van der Waals surface area contributed by atoms with Crippen molar-refractivity contribution in [2.75, 3.05) is 24.5 Å². The van der Waals surface area contributed by atoms with Crippen LogP contribution in [0, 0.1) is 0 Å². The fourth-order valence-corrected chi connectivity index (χ4v) is 3.12. The molecule has 2 saturated heterocycles. The molecule has 0 bridgehead atoms. The van der Waals surface area contributed by atoms with E-state index in [1.807, 2.05) is 0 Å². The summed E-state index contributed by atoms with van der Waals surface area (Å²) in [6, 6.07) is 5.88. The van der Waals surface area contributed by atoms with Gasteiger partial charge in [0.2, 0.25) is 0 Å². The number of carboxylic acid groups (broad SMARTS) is 1. The summed E-state index contributed by atoms with van der Waals surface area (Å²) in [5, 5.41) is 12.0. The van der Waals surface area contributed by atoms with Gasteiger partial charge in [-0.05, 0) is 37.5 Å². The monoisotopic (exact) mass is 317 g/mol. The second kappa shape index (κ2) is 6.28. The van der Waals surface area contributed by atoms with Crippen molar-refractivity contribution < 1.29 is 19.5 Å². The van der Waals surface area contributed by atoms with Crippen LogP contribution < -0.4 is 10.2 Å². The van der Waals surface area contributed by atoms with Crippen molar-refractivity contribution in [3.8, 4) is 0 Å². The van der Waals surface area contributed by atoms with Gasteiger partial charge in [0.25, 0.3) is 5.91 Å². The standard InChI is InChI=1S/C16H19N3O4/c20-14(19-8-2-6-13(19)15(21)22)11-4-1-5-12(10-11)18-9-3-7-17-16(18)23/h1,4-5,10,13H,2-3,6-9H2,(H,17,23)(H,21,22). The largest absolute Gasteiger partial charge is 0.480 e. The van der Waals surface area contributed by atoms with Gasteiger partial charge in [0.05, 0.1) is 0 Å². The highest BCUT2D eigenvalue weighted by molar-refractivity contribution is 5.99. The summed E-state index contributed by atoms with van der Waals surface area (Å²) >= 11 is 0. The molecule has 0 saturated carbocycles. The molecule has 2 N–H and O–H groups in total. The summed E-state index contributed by atoms with van der Waals surface area (Å²) in [4.78, 5) is 38.8. The lowest BCUT2D eigenvalue weighted by Crippen LogP contribution is -2.46. The molecule has 3 rings (SSSR count). The SMILES string of the molecule is O=C(O)C1CCCN1C(=O)c1cccc(N2CCCNC2=O)c1. The molecule has 2 aliphatic rings. The lowest BCUT2D eigenvalue weighted by atomic mass is 10.1. The van der Waals surface area contributed by atoms with Gasteiger partial charge in [-0.3, -0.25) is 9.69 Å². The number of hydrogen-bond donors (Lipinski definition) is 2. The Kier molecular flexibility index (Phi) is 4.18. The third-order valence-corrected chi connectivity index (χ3v) is 4.28. The predicted octanol–water partition coefficient (Wildman–Crippen LogP) is 1.30. The Morgan fingerprint density at radius 3 is 2.78 bits per heavy atom. The Morgan fingerprint density at radius 2 is 2.04 bits per heavy atom. The number of carbonyl (C=O) groups excluding carboxylic acids is 2. The number of hydrogen-bond acceptors (Lipinski definition) is 3. The van der Waals surface area contributed by atoms with Crippen LogP contribution in [0.25, 0.3) is 0 Å². The molecule has 0 radical (unpaired) electrons. The first-order valence-electron chi connectivity index (χ1n) is 7.77. The highest BCUT2D eigenvalue weighted by Gasteiger charge is 2.34. The minimum Gasteiger partial charge on any atom is -0.480 e. The third kappa shape index (κ3) is 2.99. The fourth-order valence-electron chi connectivity index (χ4n) is 3.12. The van der Waals surface area contributed by atoms with E-state index in [4.69, 9.17) is 0 Å². The maximum absolute atomic E-state index is 12.6. The fraction of sp³-hybridized carbons (Fsp3) is 0.438. The van der Waals surface area contributed by atoms with Crippen LogP contribution >= 0.6 is 0 Å². The number of likely N-dealkylation sites (tertiary alicyclic amines) is 1. The van der Waals surface area contributed by atoms with Crippen LogP contribution in [0.2, 0.25) is 0 Å². The topological polar surface area (TPSA) is 89.9 Å². The maximum atomic E-state index is 12.6. The second-order valence-corrected chi connectivity index (χ2v) is 5.78. The summed E-state index contributed by atoms with van der Waals surface area (Å²) in [5.41, 5.74) is 1.06. The molecule has 1 aromatic rings. The summed E-state index contributed by atoms with van der Waals surface area (Å²) in [6.45, 7) is 1.71. The number of aliphatic carboxylic acids is 1. The predicted molar refractivity (Wildman–Crippen MR) is 83.5 cm³/mol. The molecular formula is C16H19N3O4. The second-order valence-electron chi connectivity index (χ2n) is 5.78. The lowest BCUT2D eigenvalue weighted by molar-refractivity contribution is -0.141. The van der Waals surface area contributed by atoms with E-state index in [1.54, 1.807) is 29.2 Å². The van der Waals surface area contributed by atoms with Crippen LogP contribution in [0.5, 0.6) is 0 Å². The Balaban J connectivity index is 1.83. The normalized spacial score (nSPS) is 21.2. The van der Waals surface area contributed by atoms with Crippen molar-refractivity contribution in [2.45, 2.75) is 25.3 Å². The van der Waals surface area contributed by atoms with E-state index >= 15 is 0 Å². The molecule has 1 unspecified atom stereocenters. The zero-order chi connectivity index (χ0) is 16.4. The number of urea groups is 1. The quantitative estimate of drug-likeness (QED) is 0.879. The van der Waals surface area contributed by atoms with Crippen LogP contribution in [-0.4, -0.2) is 53.6 Å². The van der Waals surface area contributed by atoms with E-state index in [9.17, 15) is 19.5 Å². The van der Waals surface area contributed by atoms with Crippen molar-refractivity contribution in [1.29, 1.82) is 0 Å². The van der Waals surface area contributed by atoms with Crippen LogP contribution in [0.4, 0.5) is 10.5 Å². The average molecular weight is 317 g/mol. The molecule has 0 aliphatic carbocycles. The molecule has 2 fully saturated rings. The van der Waals surface area contributed by atoms with E-state index in [1.165, 1.54) is 4.90 Å². The highest BCUT2D eigenvalue weighted by Crippen LogP contribution is 2.23. The highest BCUT2D eigenvalue weighted by atomic mass is 16.4. The smallest absolute Gasteiger partial charge is 0.326 e. The Labute approximate surface area is 133 Å². The molecule has 3 amide bonds. The summed E-state index contributed by atoms with van der Waals surface area (Å²) in [5.74, 6) is -1.27. The summed E-state index contributed by atoms with van der Waals surface area (Å²) < 4.78 is 0. The Hall–Kier alpha value is -2.57. The van der Waals surface area contributed by atoms with E-state index in [0.717, 1.165) is 6.42 Å². The van der Waals surface area contributed by atoms with E-state index in [2.05, 4.69) is 5.32 Å². The number of nitrogens with one attached hydrogen (secondary N) is 1. The number of amides is 3. The van der Waals surface area contributed by atoms with E-state index in [0.29, 0.717) is 43.7 Å². The van der Waals surface area contributed by atoms with Crippen LogP contribution in [0.3, 0.4) is 0 Å². The first kappa shape index (κ1) is 15.3. The molecule has 7 nitrogen and oxygen atoms in total. The van der Waals surface area contributed by atoms with E-state index < -0.39 is 12.0 Å². The van der Waals surface area contributed by atoms with Crippen molar-refractivity contribution >= 4 is 23.6 Å². The Bertz CT molecular complexity index is 646. The lowest BCUT2D eigenvalue weighted by Gasteiger charge is -2.28.